The van der Waals surface area contributed by atoms with E-state index in [1.807, 2.05) is 30.3 Å². The molecule has 5 nitrogen and oxygen atoms in total. The molecule has 1 N–H and O–H groups in total. The molecular formula is C16H12N4O. The molecule has 1 amide bonds. The molecule has 0 fully saturated rings. The van der Waals surface area contributed by atoms with E-state index >= 15 is 0 Å². The molecule has 102 valence electrons. The van der Waals surface area contributed by atoms with E-state index in [0.717, 1.165) is 5.56 Å². The maximum atomic E-state index is 12.2. The third-order valence-electron chi connectivity index (χ3n) is 2.89. The molecule has 5 heteroatoms. The molecule has 0 bridgehead atoms. The normalized spacial score (nSPS) is 10.1. The molecule has 0 radical (unpaired) electrons. The lowest BCUT2D eigenvalue weighted by Crippen LogP contribution is -2.14. The summed E-state index contributed by atoms with van der Waals surface area (Å²) < 4.78 is 0. The molecule has 2 heterocycles. The molecule has 3 rings (SSSR count). The van der Waals surface area contributed by atoms with Crippen molar-refractivity contribution in [2.45, 2.75) is 0 Å². The molecule has 0 atom stereocenters. The zero-order chi connectivity index (χ0) is 14.5. The molecule has 3 aromatic rings. The first-order valence-electron chi connectivity index (χ1n) is 6.42. The van der Waals surface area contributed by atoms with Crippen LogP contribution in [0.1, 0.15) is 10.5 Å². The summed E-state index contributed by atoms with van der Waals surface area (Å²) >= 11 is 0. The summed E-state index contributed by atoms with van der Waals surface area (Å²) in [6.45, 7) is 0. The number of amides is 1. The van der Waals surface area contributed by atoms with Gasteiger partial charge in [-0.3, -0.25) is 9.78 Å². The smallest absolute Gasteiger partial charge is 0.274 e. The third-order valence-corrected chi connectivity index (χ3v) is 2.89. The van der Waals surface area contributed by atoms with Gasteiger partial charge in [0.2, 0.25) is 0 Å². The Bertz CT molecular complexity index is 744. The second-order valence-corrected chi connectivity index (χ2v) is 4.35. The van der Waals surface area contributed by atoms with Gasteiger partial charge in [-0.15, -0.1) is 0 Å². The number of nitrogens with one attached hydrogen (secondary N) is 1. The summed E-state index contributed by atoms with van der Waals surface area (Å²) in [7, 11) is 0. The van der Waals surface area contributed by atoms with E-state index in [2.05, 4.69) is 20.3 Å². The summed E-state index contributed by atoms with van der Waals surface area (Å²) in [6.07, 6.45) is 4.62. The SMILES string of the molecule is O=C(Nc1cccnc1)c1cc(-c2ccccc2)ncn1. The molecule has 0 aliphatic carbocycles. The minimum absolute atomic E-state index is 0.289. The van der Waals surface area contributed by atoms with Crippen molar-refractivity contribution in [3.05, 3.63) is 72.9 Å². The summed E-state index contributed by atoms with van der Waals surface area (Å²) in [6, 6.07) is 14.8. The van der Waals surface area contributed by atoms with E-state index in [9.17, 15) is 4.79 Å². The fourth-order valence-electron chi connectivity index (χ4n) is 1.88. The van der Waals surface area contributed by atoms with Crippen LogP contribution in [0.15, 0.2) is 67.3 Å². The average molecular weight is 276 g/mol. The quantitative estimate of drug-likeness (QED) is 0.798. The Balaban J connectivity index is 1.85. The molecule has 2 aromatic heterocycles. The first-order valence-corrected chi connectivity index (χ1v) is 6.42. The molecule has 0 aliphatic rings. The minimum Gasteiger partial charge on any atom is -0.319 e. The van der Waals surface area contributed by atoms with Gasteiger partial charge in [-0.05, 0) is 18.2 Å². The van der Waals surface area contributed by atoms with Crippen LogP contribution in [-0.4, -0.2) is 20.9 Å². The van der Waals surface area contributed by atoms with Crippen molar-refractivity contribution >= 4 is 11.6 Å². The van der Waals surface area contributed by atoms with Gasteiger partial charge in [-0.1, -0.05) is 30.3 Å². The van der Waals surface area contributed by atoms with Crippen molar-refractivity contribution in [3.8, 4) is 11.3 Å². The fourth-order valence-corrected chi connectivity index (χ4v) is 1.88. The molecule has 21 heavy (non-hydrogen) atoms. The zero-order valence-corrected chi connectivity index (χ0v) is 11.1. The number of pyridine rings is 1. The minimum atomic E-state index is -0.289. The van der Waals surface area contributed by atoms with E-state index in [1.54, 1.807) is 30.6 Å². The molecule has 0 spiro atoms. The Morgan fingerprint density at radius 3 is 2.62 bits per heavy atom. The Hall–Kier alpha value is -3.08. The highest BCUT2D eigenvalue weighted by molar-refractivity contribution is 6.03. The van der Waals surface area contributed by atoms with Gasteiger partial charge in [0, 0.05) is 11.8 Å². The number of nitrogens with zero attached hydrogens (tertiary/aromatic N) is 3. The highest BCUT2D eigenvalue weighted by Gasteiger charge is 2.10. The maximum Gasteiger partial charge on any atom is 0.274 e. The summed E-state index contributed by atoms with van der Waals surface area (Å²) in [5, 5.41) is 2.75. The lowest BCUT2D eigenvalue weighted by atomic mass is 10.1. The van der Waals surface area contributed by atoms with E-state index < -0.39 is 0 Å². The number of benzene rings is 1. The fraction of sp³-hybridized carbons (Fsp3) is 0. The Kier molecular flexibility index (Phi) is 3.64. The number of rotatable bonds is 3. The Morgan fingerprint density at radius 1 is 1.00 bits per heavy atom. The average Bonchev–Trinajstić information content (AvgIpc) is 2.57. The maximum absolute atomic E-state index is 12.2. The van der Waals surface area contributed by atoms with Crippen molar-refractivity contribution < 1.29 is 4.79 Å². The summed E-state index contributed by atoms with van der Waals surface area (Å²) in [4.78, 5) is 24.3. The third kappa shape index (κ3) is 3.09. The number of carbonyl (C=O) groups is 1. The summed E-state index contributed by atoms with van der Waals surface area (Å²) in [5.41, 5.74) is 2.59. The number of anilines is 1. The van der Waals surface area contributed by atoms with Crippen LogP contribution in [-0.2, 0) is 0 Å². The van der Waals surface area contributed by atoms with Crippen molar-refractivity contribution in [2.75, 3.05) is 5.32 Å². The topological polar surface area (TPSA) is 67.8 Å². The monoisotopic (exact) mass is 276 g/mol. The second-order valence-electron chi connectivity index (χ2n) is 4.35. The lowest BCUT2D eigenvalue weighted by Gasteiger charge is -2.05. The van der Waals surface area contributed by atoms with Crippen LogP contribution in [0.25, 0.3) is 11.3 Å². The lowest BCUT2D eigenvalue weighted by molar-refractivity contribution is 0.102. The van der Waals surface area contributed by atoms with Gasteiger partial charge in [0.05, 0.1) is 17.6 Å². The van der Waals surface area contributed by atoms with Crippen LogP contribution in [0.2, 0.25) is 0 Å². The van der Waals surface area contributed by atoms with Crippen LogP contribution in [0.4, 0.5) is 5.69 Å². The number of aromatic nitrogens is 3. The summed E-state index contributed by atoms with van der Waals surface area (Å²) in [5.74, 6) is -0.289. The molecule has 0 unspecified atom stereocenters. The van der Waals surface area contributed by atoms with Gasteiger partial charge in [0.1, 0.15) is 12.0 Å². The van der Waals surface area contributed by atoms with E-state index in [4.69, 9.17) is 0 Å². The first-order chi connectivity index (χ1) is 10.3. The predicted molar refractivity (Wildman–Crippen MR) is 79.7 cm³/mol. The predicted octanol–water partition coefficient (Wildman–Crippen LogP) is 2.79. The Labute approximate surface area is 121 Å². The second kappa shape index (κ2) is 5.92. The van der Waals surface area contributed by atoms with Gasteiger partial charge in [-0.25, -0.2) is 9.97 Å². The van der Waals surface area contributed by atoms with Crippen LogP contribution in [0, 0.1) is 0 Å². The van der Waals surface area contributed by atoms with Crippen molar-refractivity contribution in [1.29, 1.82) is 0 Å². The van der Waals surface area contributed by atoms with Gasteiger partial charge < -0.3 is 5.32 Å². The van der Waals surface area contributed by atoms with Gasteiger partial charge in [0.15, 0.2) is 0 Å². The highest BCUT2D eigenvalue weighted by Crippen LogP contribution is 2.16. The van der Waals surface area contributed by atoms with Crippen LogP contribution >= 0.6 is 0 Å². The van der Waals surface area contributed by atoms with Crippen molar-refractivity contribution in [3.63, 3.8) is 0 Å². The number of hydrogen-bond donors (Lipinski definition) is 1. The van der Waals surface area contributed by atoms with E-state index in [1.165, 1.54) is 6.33 Å². The van der Waals surface area contributed by atoms with Gasteiger partial charge in [-0.2, -0.15) is 0 Å². The van der Waals surface area contributed by atoms with Crippen molar-refractivity contribution in [1.82, 2.24) is 15.0 Å². The molecule has 0 saturated carbocycles. The number of hydrogen-bond acceptors (Lipinski definition) is 4. The van der Waals surface area contributed by atoms with E-state index in [0.29, 0.717) is 17.1 Å². The van der Waals surface area contributed by atoms with Crippen molar-refractivity contribution in [2.24, 2.45) is 0 Å². The molecule has 0 aliphatic heterocycles. The first kappa shape index (κ1) is 12.9. The molecule has 1 aromatic carbocycles. The van der Waals surface area contributed by atoms with Gasteiger partial charge >= 0.3 is 0 Å². The van der Waals surface area contributed by atoms with Crippen LogP contribution in [0.5, 0.6) is 0 Å². The zero-order valence-electron chi connectivity index (χ0n) is 11.1. The molecule has 0 saturated heterocycles. The van der Waals surface area contributed by atoms with Crippen LogP contribution in [0.3, 0.4) is 0 Å². The van der Waals surface area contributed by atoms with Crippen LogP contribution < -0.4 is 5.32 Å². The highest BCUT2D eigenvalue weighted by atomic mass is 16.1. The largest absolute Gasteiger partial charge is 0.319 e. The standard InChI is InChI=1S/C16H12N4O/c21-16(20-13-7-4-8-17-10-13)15-9-14(18-11-19-15)12-5-2-1-3-6-12/h1-11H,(H,20,21). The van der Waals surface area contributed by atoms with E-state index in [-0.39, 0.29) is 5.91 Å². The molecular weight excluding hydrogens is 264 g/mol. The van der Waals surface area contributed by atoms with Gasteiger partial charge in [0.25, 0.3) is 5.91 Å². The Morgan fingerprint density at radius 2 is 1.86 bits per heavy atom. The number of carbonyl (C=O) groups excluding carboxylic acids is 1.